The Bertz CT molecular complexity index is 276. The summed E-state index contributed by atoms with van der Waals surface area (Å²) in [7, 11) is 2.13. The molecule has 1 fully saturated rings. The first-order valence-electron chi connectivity index (χ1n) is 7.73. The van der Waals surface area contributed by atoms with Crippen molar-refractivity contribution in [3.05, 3.63) is 0 Å². The number of hydrogen-bond donors (Lipinski definition) is 1. The molecular formula is C16H30N2O. The lowest BCUT2D eigenvalue weighted by atomic mass is 10.1. The summed E-state index contributed by atoms with van der Waals surface area (Å²) >= 11 is 0. The molecule has 3 heteroatoms. The molecule has 0 aromatic rings. The molecule has 1 saturated heterocycles. The second-order valence-electron chi connectivity index (χ2n) is 5.61. The number of aliphatic hydroxyl groups is 1. The molecule has 1 aliphatic heterocycles. The van der Waals surface area contributed by atoms with Gasteiger partial charge in [0.1, 0.15) is 6.10 Å². The molecule has 0 saturated carbocycles. The van der Waals surface area contributed by atoms with Crippen molar-refractivity contribution in [2.75, 3.05) is 39.8 Å². The Morgan fingerprint density at radius 3 is 2.58 bits per heavy atom. The summed E-state index contributed by atoms with van der Waals surface area (Å²) in [6, 6.07) is 0. The molecule has 1 atom stereocenters. The minimum absolute atomic E-state index is 0.458. The van der Waals surface area contributed by atoms with Crippen LogP contribution in [0.2, 0.25) is 0 Å². The molecule has 3 nitrogen and oxygen atoms in total. The van der Waals surface area contributed by atoms with Crippen molar-refractivity contribution < 1.29 is 5.11 Å². The van der Waals surface area contributed by atoms with Crippen LogP contribution in [0.4, 0.5) is 0 Å². The van der Waals surface area contributed by atoms with E-state index in [1.807, 2.05) is 0 Å². The zero-order valence-electron chi connectivity index (χ0n) is 12.7. The number of aliphatic hydroxyl groups excluding tert-OH is 1. The third-order valence-electron chi connectivity index (χ3n) is 3.81. The Morgan fingerprint density at radius 1 is 1.16 bits per heavy atom. The molecule has 0 radical (unpaired) electrons. The number of unbranched alkanes of at least 4 members (excludes halogenated alkanes) is 1. The summed E-state index contributed by atoms with van der Waals surface area (Å²) in [5.74, 6) is 5.54. The van der Waals surface area contributed by atoms with E-state index >= 15 is 0 Å². The van der Waals surface area contributed by atoms with Crippen LogP contribution in [-0.4, -0.2) is 60.8 Å². The van der Waals surface area contributed by atoms with E-state index in [9.17, 15) is 5.11 Å². The van der Waals surface area contributed by atoms with Gasteiger partial charge in [0.15, 0.2) is 0 Å². The number of hydrogen-bond acceptors (Lipinski definition) is 3. The maximum Gasteiger partial charge on any atom is 0.115 e. The number of nitrogens with zero attached hydrogens (tertiary/aromatic N) is 2. The van der Waals surface area contributed by atoms with E-state index in [2.05, 4.69) is 28.7 Å². The van der Waals surface area contributed by atoms with Crippen molar-refractivity contribution in [3.8, 4) is 11.8 Å². The minimum atomic E-state index is -0.458. The van der Waals surface area contributed by atoms with Crippen LogP contribution in [0.5, 0.6) is 0 Å². The van der Waals surface area contributed by atoms with Crippen molar-refractivity contribution in [2.45, 2.75) is 51.6 Å². The van der Waals surface area contributed by atoms with Gasteiger partial charge in [-0.15, -0.1) is 5.92 Å². The van der Waals surface area contributed by atoms with Gasteiger partial charge in [-0.3, -0.25) is 0 Å². The Balaban J connectivity index is 1.96. The highest BCUT2D eigenvalue weighted by Gasteiger charge is 2.09. The van der Waals surface area contributed by atoms with Crippen LogP contribution in [0.25, 0.3) is 0 Å². The number of likely N-dealkylation sites (tertiary alicyclic amines) is 1. The van der Waals surface area contributed by atoms with E-state index < -0.39 is 6.10 Å². The maximum absolute atomic E-state index is 9.53. The fourth-order valence-electron chi connectivity index (χ4n) is 2.59. The molecule has 1 unspecified atom stereocenters. The van der Waals surface area contributed by atoms with Gasteiger partial charge in [0.05, 0.1) is 0 Å². The van der Waals surface area contributed by atoms with Crippen LogP contribution >= 0.6 is 0 Å². The summed E-state index contributed by atoms with van der Waals surface area (Å²) in [4.78, 5) is 4.90. The first kappa shape index (κ1) is 16.5. The van der Waals surface area contributed by atoms with Gasteiger partial charge in [-0.1, -0.05) is 12.3 Å². The Labute approximate surface area is 119 Å². The van der Waals surface area contributed by atoms with E-state index in [0.717, 1.165) is 19.5 Å². The van der Waals surface area contributed by atoms with Gasteiger partial charge in [-0.05, 0) is 72.3 Å². The monoisotopic (exact) mass is 266 g/mol. The van der Waals surface area contributed by atoms with Gasteiger partial charge in [0.25, 0.3) is 0 Å². The molecular weight excluding hydrogens is 236 g/mol. The lowest BCUT2D eigenvalue weighted by Crippen LogP contribution is -2.31. The van der Waals surface area contributed by atoms with Crippen molar-refractivity contribution in [1.29, 1.82) is 0 Å². The molecule has 0 amide bonds. The number of piperidine rings is 1. The van der Waals surface area contributed by atoms with Crippen LogP contribution in [0, 0.1) is 11.8 Å². The second-order valence-corrected chi connectivity index (χ2v) is 5.61. The first-order chi connectivity index (χ1) is 9.22. The minimum Gasteiger partial charge on any atom is -0.380 e. The SMILES string of the molecule is CC#CC(O)CCN(C)CCCCN1CCCCC1. The summed E-state index contributed by atoms with van der Waals surface area (Å²) < 4.78 is 0. The van der Waals surface area contributed by atoms with E-state index in [-0.39, 0.29) is 0 Å². The summed E-state index contributed by atoms with van der Waals surface area (Å²) in [6.45, 7) is 7.69. The Hall–Kier alpha value is -0.560. The predicted octanol–water partition coefficient (Wildman–Crippen LogP) is 1.96. The van der Waals surface area contributed by atoms with E-state index in [1.165, 1.54) is 51.7 Å². The largest absolute Gasteiger partial charge is 0.380 e. The van der Waals surface area contributed by atoms with Crippen molar-refractivity contribution in [3.63, 3.8) is 0 Å². The molecule has 1 heterocycles. The molecule has 1 N–H and O–H groups in total. The quantitative estimate of drug-likeness (QED) is 0.537. The van der Waals surface area contributed by atoms with Crippen LogP contribution in [0.3, 0.4) is 0 Å². The fourth-order valence-corrected chi connectivity index (χ4v) is 2.59. The van der Waals surface area contributed by atoms with Crippen molar-refractivity contribution >= 4 is 0 Å². The standard InChI is InChI=1S/C16H30N2O/c1-3-9-16(19)10-15-17(2)11-7-8-14-18-12-5-4-6-13-18/h16,19H,4-8,10-15H2,1-2H3. The van der Waals surface area contributed by atoms with Gasteiger partial charge in [-0.2, -0.15) is 0 Å². The van der Waals surface area contributed by atoms with Crippen LogP contribution < -0.4 is 0 Å². The normalized spacial score (nSPS) is 18.1. The average molecular weight is 266 g/mol. The lowest BCUT2D eigenvalue weighted by molar-refractivity contribution is 0.191. The summed E-state index contributed by atoms with van der Waals surface area (Å²) in [5.41, 5.74) is 0. The molecule has 0 aromatic carbocycles. The first-order valence-corrected chi connectivity index (χ1v) is 7.73. The van der Waals surface area contributed by atoms with Gasteiger partial charge in [-0.25, -0.2) is 0 Å². The molecule has 1 rings (SSSR count). The number of rotatable bonds is 8. The highest BCUT2D eigenvalue weighted by molar-refractivity contribution is 5.01. The van der Waals surface area contributed by atoms with Crippen molar-refractivity contribution in [1.82, 2.24) is 9.80 Å². The maximum atomic E-state index is 9.53. The fraction of sp³-hybridized carbons (Fsp3) is 0.875. The highest BCUT2D eigenvalue weighted by atomic mass is 16.3. The smallest absolute Gasteiger partial charge is 0.115 e. The molecule has 0 spiro atoms. The second kappa shape index (κ2) is 10.3. The molecule has 19 heavy (non-hydrogen) atoms. The molecule has 0 aliphatic carbocycles. The third kappa shape index (κ3) is 8.26. The molecule has 1 aliphatic rings. The Kier molecular flexibility index (Phi) is 8.90. The zero-order chi connectivity index (χ0) is 13.9. The van der Waals surface area contributed by atoms with Gasteiger partial charge >= 0.3 is 0 Å². The predicted molar refractivity (Wildman–Crippen MR) is 81.1 cm³/mol. The van der Waals surface area contributed by atoms with E-state index in [0.29, 0.717) is 0 Å². The summed E-state index contributed by atoms with van der Waals surface area (Å²) in [6.07, 6.45) is 7.03. The lowest BCUT2D eigenvalue weighted by Gasteiger charge is -2.26. The molecule has 110 valence electrons. The molecule has 0 aromatic heterocycles. The van der Waals surface area contributed by atoms with Gasteiger partial charge in [0, 0.05) is 6.54 Å². The summed E-state index contributed by atoms with van der Waals surface area (Å²) in [5, 5.41) is 9.53. The van der Waals surface area contributed by atoms with Crippen molar-refractivity contribution in [2.24, 2.45) is 0 Å². The topological polar surface area (TPSA) is 26.7 Å². The highest BCUT2D eigenvalue weighted by Crippen LogP contribution is 2.09. The third-order valence-corrected chi connectivity index (χ3v) is 3.81. The van der Waals surface area contributed by atoms with E-state index in [4.69, 9.17) is 0 Å². The zero-order valence-corrected chi connectivity index (χ0v) is 12.7. The van der Waals surface area contributed by atoms with Crippen LogP contribution in [0.15, 0.2) is 0 Å². The van der Waals surface area contributed by atoms with Crippen LogP contribution in [0.1, 0.15) is 45.4 Å². The average Bonchev–Trinajstić information content (AvgIpc) is 2.43. The van der Waals surface area contributed by atoms with Gasteiger partial charge < -0.3 is 14.9 Å². The van der Waals surface area contributed by atoms with Gasteiger partial charge in [0.2, 0.25) is 0 Å². The van der Waals surface area contributed by atoms with Crippen LogP contribution in [-0.2, 0) is 0 Å². The Morgan fingerprint density at radius 2 is 1.89 bits per heavy atom. The van der Waals surface area contributed by atoms with E-state index in [1.54, 1.807) is 6.92 Å². The molecule has 0 bridgehead atoms.